The van der Waals surface area contributed by atoms with E-state index >= 15 is 0 Å². The maximum absolute atomic E-state index is 5.86. The minimum absolute atomic E-state index is 0.854. The van der Waals surface area contributed by atoms with Gasteiger partial charge in [0.15, 0.2) is 0 Å². The third-order valence-corrected chi connectivity index (χ3v) is 3.23. The van der Waals surface area contributed by atoms with Crippen molar-refractivity contribution < 1.29 is 4.43 Å². The van der Waals surface area contributed by atoms with Gasteiger partial charge in [-0.25, -0.2) is 0 Å². The molecule has 0 saturated heterocycles. The molecule has 0 aliphatic carbocycles. The van der Waals surface area contributed by atoms with Crippen LogP contribution in [0.3, 0.4) is 0 Å². The van der Waals surface area contributed by atoms with E-state index in [-0.39, 0.29) is 0 Å². The highest BCUT2D eigenvalue weighted by Gasteiger charge is 2.03. The van der Waals surface area contributed by atoms with Gasteiger partial charge >= 0.3 is 0 Å². The van der Waals surface area contributed by atoms with Gasteiger partial charge in [0, 0.05) is 6.20 Å². The topological polar surface area (TPSA) is 34.5 Å². The summed E-state index contributed by atoms with van der Waals surface area (Å²) in [5.74, 6) is 0.855. The van der Waals surface area contributed by atoms with Crippen molar-refractivity contribution in [3.63, 3.8) is 0 Å². The summed E-state index contributed by atoms with van der Waals surface area (Å²) in [5.41, 5.74) is 2.89. The Morgan fingerprint density at radius 1 is 1.21 bits per heavy atom. The second-order valence-corrected chi connectivity index (χ2v) is 6.98. The van der Waals surface area contributed by atoms with Gasteiger partial charge in [-0.05, 0) is 49.8 Å². The van der Waals surface area contributed by atoms with Gasteiger partial charge in [-0.1, -0.05) is 12.1 Å². The number of hydrogen-bond donors (Lipinski definition) is 0. The molecule has 4 heteroatoms. The van der Waals surface area contributed by atoms with Crippen molar-refractivity contribution in [2.24, 2.45) is 4.99 Å². The molecule has 0 saturated carbocycles. The molecule has 0 amide bonds. The van der Waals surface area contributed by atoms with Gasteiger partial charge < -0.3 is 4.43 Å². The number of aliphatic imine (C=N–C) groups is 1. The Bertz CT molecular complexity index is 582. The van der Waals surface area contributed by atoms with Crippen LogP contribution in [0.1, 0.15) is 11.3 Å². The number of benzene rings is 1. The van der Waals surface area contributed by atoms with Gasteiger partial charge in [0.05, 0.1) is 11.9 Å². The molecule has 1 aromatic heterocycles. The molecule has 1 aromatic carbocycles. The first kappa shape index (κ1) is 13.5. The van der Waals surface area contributed by atoms with Crippen molar-refractivity contribution in [1.29, 1.82) is 0 Å². The monoisotopic (exact) mass is 270 g/mol. The smallest absolute Gasteiger partial charge is 0.229 e. The van der Waals surface area contributed by atoms with Crippen molar-refractivity contribution in [3.05, 3.63) is 53.9 Å². The summed E-state index contributed by atoms with van der Waals surface area (Å²) in [7, 11) is -1.12. The van der Waals surface area contributed by atoms with E-state index in [4.69, 9.17) is 4.43 Å². The van der Waals surface area contributed by atoms with Crippen molar-refractivity contribution >= 4 is 20.9 Å². The van der Waals surface area contributed by atoms with Gasteiger partial charge in [-0.3, -0.25) is 9.98 Å². The lowest BCUT2D eigenvalue weighted by molar-refractivity contribution is 0.582. The van der Waals surface area contributed by atoms with Gasteiger partial charge in [0.1, 0.15) is 11.4 Å². The quantitative estimate of drug-likeness (QED) is 0.629. The summed E-state index contributed by atoms with van der Waals surface area (Å²) >= 11 is 0. The minimum atomic E-state index is -1.12. The molecule has 19 heavy (non-hydrogen) atoms. The third kappa shape index (κ3) is 4.03. The number of nitrogens with zero attached hydrogens (tertiary/aromatic N) is 2. The third-order valence-electron chi connectivity index (χ3n) is 2.50. The minimum Gasteiger partial charge on any atom is -0.546 e. The Morgan fingerprint density at radius 2 is 2.00 bits per heavy atom. The molecule has 98 valence electrons. The van der Waals surface area contributed by atoms with Crippen molar-refractivity contribution in [1.82, 2.24) is 4.98 Å². The van der Waals surface area contributed by atoms with Gasteiger partial charge in [-0.2, -0.15) is 0 Å². The average Bonchev–Trinajstić information content (AvgIpc) is 2.37. The van der Waals surface area contributed by atoms with Crippen LogP contribution in [-0.4, -0.2) is 20.2 Å². The van der Waals surface area contributed by atoms with Gasteiger partial charge in [-0.15, -0.1) is 0 Å². The molecule has 0 radical (unpaired) electrons. The van der Waals surface area contributed by atoms with Crippen LogP contribution in [0.5, 0.6) is 5.75 Å². The number of para-hydroxylation sites is 2. The molecule has 0 N–H and O–H groups in total. The maximum atomic E-state index is 5.86. The number of aryl methyl sites for hydroxylation is 1. The highest BCUT2D eigenvalue weighted by atomic mass is 28.3. The maximum Gasteiger partial charge on any atom is 0.229 e. The van der Waals surface area contributed by atoms with Gasteiger partial charge in [0.2, 0.25) is 9.04 Å². The molecule has 0 aliphatic rings. The zero-order valence-electron chi connectivity index (χ0n) is 11.5. The van der Waals surface area contributed by atoms with Crippen LogP contribution in [0, 0.1) is 6.92 Å². The van der Waals surface area contributed by atoms with Crippen LogP contribution in [0.4, 0.5) is 5.69 Å². The van der Waals surface area contributed by atoms with Crippen molar-refractivity contribution in [2.45, 2.75) is 20.0 Å². The first-order chi connectivity index (χ1) is 9.15. The number of pyridine rings is 1. The van der Waals surface area contributed by atoms with Crippen LogP contribution in [0.2, 0.25) is 13.1 Å². The highest BCUT2D eigenvalue weighted by Crippen LogP contribution is 2.27. The molecule has 1 heterocycles. The van der Waals surface area contributed by atoms with E-state index in [0.717, 1.165) is 17.1 Å². The molecule has 0 atom stereocenters. The lowest BCUT2D eigenvalue weighted by Gasteiger charge is -2.11. The van der Waals surface area contributed by atoms with Crippen LogP contribution in [0.15, 0.2) is 47.6 Å². The summed E-state index contributed by atoms with van der Waals surface area (Å²) in [6.45, 7) is 6.33. The largest absolute Gasteiger partial charge is 0.546 e. The molecule has 0 unspecified atom stereocenters. The number of hydrogen-bond acceptors (Lipinski definition) is 3. The first-order valence-corrected chi connectivity index (χ1v) is 9.15. The lowest BCUT2D eigenvalue weighted by atomic mass is 10.2. The van der Waals surface area contributed by atoms with E-state index in [1.807, 2.05) is 43.3 Å². The molecule has 2 rings (SSSR count). The Hall–Kier alpha value is -1.94. The molecule has 0 fully saturated rings. The summed E-state index contributed by atoms with van der Waals surface area (Å²) < 4.78 is 5.86. The van der Waals surface area contributed by atoms with Crippen LogP contribution in [-0.2, 0) is 0 Å². The first-order valence-electron chi connectivity index (χ1n) is 6.37. The van der Waals surface area contributed by atoms with Crippen LogP contribution >= 0.6 is 0 Å². The molecule has 0 spiro atoms. The molecule has 0 bridgehead atoms. The lowest BCUT2D eigenvalue weighted by Crippen LogP contribution is -2.11. The van der Waals surface area contributed by atoms with Crippen molar-refractivity contribution in [3.8, 4) is 5.75 Å². The summed E-state index contributed by atoms with van der Waals surface area (Å²) in [5, 5.41) is 0. The second kappa shape index (κ2) is 6.29. The van der Waals surface area contributed by atoms with E-state index < -0.39 is 9.04 Å². The number of rotatable bonds is 4. The fourth-order valence-corrected chi connectivity index (χ4v) is 2.39. The normalized spacial score (nSPS) is 11.2. The predicted molar refractivity (Wildman–Crippen MR) is 82.2 cm³/mol. The van der Waals surface area contributed by atoms with Gasteiger partial charge in [0.25, 0.3) is 0 Å². The average molecular weight is 270 g/mol. The zero-order valence-corrected chi connectivity index (χ0v) is 12.7. The molecule has 3 nitrogen and oxygen atoms in total. The Kier molecular flexibility index (Phi) is 4.47. The predicted octanol–water partition coefficient (Wildman–Crippen LogP) is 3.50. The Balaban J connectivity index is 2.23. The van der Waals surface area contributed by atoms with E-state index in [0.29, 0.717) is 0 Å². The number of aromatic nitrogens is 1. The summed E-state index contributed by atoms with van der Waals surface area (Å²) in [6, 6.07) is 11.8. The Labute approximate surface area is 115 Å². The summed E-state index contributed by atoms with van der Waals surface area (Å²) in [4.78, 5) is 8.74. The standard InChI is InChI=1S/C15H18N2OSi/c1-12-8-9-16-13(10-12)11-17-14-6-4-5-7-15(14)18-19(2)3/h4-11,19H,1-3H3. The SMILES string of the molecule is Cc1ccnc(C=Nc2ccccc2O[SiH](C)C)c1. The van der Waals surface area contributed by atoms with E-state index in [2.05, 4.69) is 23.1 Å². The Morgan fingerprint density at radius 3 is 2.74 bits per heavy atom. The molecular formula is C15H18N2OSi. The van der Waals surface area contributed by atoms with E-state index in [1.54, 1.807) is 12.4 Å². The summed E-state index contributed by atoms with van der Waals surface area (Å²) in [6.07, 6.45) is 3.57. The fraction of sp³-hybridized carbons (Fsp3) is 0.200. The van der Waals surface area contributed by atoms with Crippen molar-refractivity contribution in [2.75, 3.05) is 0 Å². The molecular weight excluding hydrogens is 252 g/mol. The fourth-order valence-electron chi connectivity index (χ4n) is 1.68. The van der Waals surface area contributed by atoms with Crippen LogP contribution in [0.25, 0.3) is 0 Å². The second-order valence-electron chi connectivity index (χ2n) is 4.65. The highest BCUT2D eigenvalue weighted by molar-refractivity contribution is 6.49. The zero-order chi connectivity index (χ0) is 13.7. The van der Waals surface area contributed by atoms with E-state index in [1.165, 1.54) is 5.56 Å². The molecule has 0 aliphatic heterocycles. The van der Waals surface area contributed by atoms with Crippen LogP contribution < -0.4 is 4.43 Å². The molecule has 2 aromatic rings. The van der Waals surface area contributed by atoms with E-state index in [9.17, 15) is 0 Å².